The second-order valence-electron chi connectivity index (χ2n) is 4.94. The Hall–Kier alpha value is -0.570. The lowest BCUT2D eigenvalue weighted by molar-refractivity contribution is -0.152. The molecule has 2 aliphatic rings. The molecule has 0 spiro atoms. The lowest BCUT2D eigenvalue weighted by atomic mass is 9.93. The monoisotopic (exact) mass is 211 g/mol. The van der Waals surface area contributed by atoms with Gasteiger partial charge in [0.25, 0.3) is 0 Å². The van der Waals surface area contributed by atoms with Gasteiger partial charge in [-0.1, -0.05) is 19.8 Å². The zero-order valence-corrected chi connectivity index (χ0v) is 9.54. The van der Waals surface area contributed by atoms with Crippen molar-refractivity contribution in [1.82, 2.24) is 4.90 Å². The second kappa shape index (κ2) is 4.12. The molecule has 0 aromatic rings. The van der Waals surface area contributed by atoms with Gasteiger partial charge in [-0.2, -0.15) is 0 Å². The number of carboxylic acid groups (broad SMARTS) is 1. The lowest BCUT2D eigenvalue weighted by Crippen LogP contribution is -2.54. The predicted molar refractivity (Wildman–Crippen MR) is 58.9 cm³/mol. The molecule has 1 saturated carbocycles. The van der Waals surface area contributed by atoms with E-state index in [1.165, 1.54) is 12.8 Å². The molecular formula is C12H21NO2. The number of hydrogen-bond acceptors (Lipinski definition) is 2. The largest absolute Gasteiger partial charge is 0.480 e. The van der Waals surface area contributed by atoms with E-state index in [-0.39, 0.29) is 0 Å². The molecule has 2 rings (SSSR count). The van der Waals surface area contributed by atoms with Gasteiger partial charge in [0.2, 0.25) is 0 Å². The summed E-state index contributed by atoms with van der Waals surface area (Å²) in [6.45, 7) is 3.16. The SMILES string of the molecule is CCC1CCCN1C1(C(=O)O)CCCC1. The fraction of sp³-hybridized carbons (Fsp3) is 0.917. The van der Waals surface area contributed by atoms with Gasteiger partial charge < -0.3 is 5.11 Å². The van der Waals surface area contributed by atoms with E-state index in [2.05, 4.69) is 11.8 Å². The molecule has 0 amide bonds. The van der Waals surface area contributed by atoms with Gasteiger partial charge in [0, 0.05) is 6.04 Å². The Balaban J connectivity index is 2.20. The third-order valence-corrected chi connectivity index (χ3v) is 4.23. The number of aliphatic carboxylic acids is 1. The molecule has 1 aliphatic heterocycles. The number of likely N-dealkylation sites (tertiary alicyclic amines) is 1. The zero-order chi connectivity index (χ0) is 10.9. The zero-order valence-electron chi connectivity index (χ0n) is 9.54. The van der Waals surface area contributed by atoms with Gasteiger partial charge in [0.15, 0.2) is 0 Å². The minimum atomic E-state index is -0.583. The van der Waals surface area contributed by atoms with E-state index in [1.807, 2.05) is 0 Å². The Labute approximate surface area is 91.5 Å². The molecule has 1 atom stereocenters. The molecule has 0 aromatic carbocycles. The van der Waals surface area contributed by atoms with Crippen LogP contribution in [-0.4, -0.2) is 34.1 Å². The van der Waals surface area contributed by atoms with Gasteiger partial charge in [0.05, 0.1) is 0 Å². The number of hydrogen-bond donors (Lipinski definition) is 1. The van der Waals surface area contributed by atoms with Crippen LogP contribution in [0.4, 0.5) is 0 Å². The fourth-order valence-corrected chi connectivity index (χ4v) is 3.41. The number of carbonyl (C=O) groups is 1. The smallest absolute Gasteiger partial charge is 0.324 e. The maximum atomic E-state index is 11.5. The van der Waals surface area contributed by atoms with Crippen molar-refractivity contribution < 1.29 is 9.90 Å². The third-order valence-electron chi connectivity index (χ3n) is 4.23. The Morgan fingerprint density at radius 1 is 1.40 bits per heavy atom. The molecule has 0 aromatic heterocycles. The first kappa shape index (κ1) is 10.9. The van der Waals surface area contributed by atoms with Crippen molar-refractivity contribution in [2.24, 2.45) is 0 Å². The van der Waals surface area contributed by atoms with Crippen molar-refractivity contribution in [2.45, 2.75) is 63.5 Å². The predicted octanol–water partition coefficient (Wildman–Crippen LogP) is 2.26. The van der Waals surface area contributed by atoms with E-state index < -0.39 is 11.5 Å². The summed E-state index contributed by atoms with van der Waals surface area (Å²) < 4.78 is 0. The van der Waals surface area contributed by atoms with Crippen molar-refractivity contribution in [3.63, 3.8) is 0 Å². The van der Waals surface area contributed by atoms with Crippen LogP contribution in [-0.2, 0) is 4.79 Å². The van der Waals surface area contributed by atoms with E-state index in [0.29, 0.717) is 6.04 Å². The highest BCUT2D eigenvalue weighted by molar-refractivity contribution is 5.79. The summed E-state index contributed by atoms with van der Waals surface area (Å²) in [7, 11) is 0. The second-order valence-corrected chi connectivity index (χ2v) is 4.94. The van der Waals surface area contributed by atoms with Gasteiger partial charge in [-0.05, 0) is 38.6 Å². The highest BCUT2D eigenvalue weighted by Gasteiger charge is 2.49. The van der Waals surface area contributed by atoms with Crippen LogP contribution in [0.2, 0.25) is 0 Å². The van der Waals surface area contributed by atoms with Crippen molar-refractivity contribution in [3.8, 4) is 0 Å². The Bertz CT molecular complexity index is 246. The summed E-state index contributed by atoms with van der Waals surface area (Å²) in [5.74, 6) is -0.583. The summed E-state index contributed by atoms with van der Waals surface area (Å²) >= 11 is 0. The highest BCUT2D eigenvalue weighted by Crippen LogP contribution is 2.40. The van der Waals surface area contributed by atoms with Crippen LogP contribution in [0.1, 0.15) is 51.9 Å². The van der Waals surface area contributed by atoms with Crippen molar-refractivity contribution in [2.75, 3.05) is 6.54 Å². The van der Waals surface area contributed by atoms with Crippen molar-refractivity contribution >= 4 is 5.97 Å². The standard InChI is InChI=1S/C12H21NO2/c1-2-10-6-5-9-13(10)12(11(14)15)7-3-4-8-12/h10H,2-9H2,1H3,(H,14,15). The summed E-state index contributed by atoms with van der Waals surface area (Å²) in [4.78, 5) is 13.8. The normalized spacial score (nSPS) is 30.9. The molecule has 86 valence electrons. The molecule has 3 nitrogen and oxygen atoms in total. The van der Waals surface area contributed by atoms with Crippen molar-refractivity contribution in [3.05, 3.63) is 0 Å². The van der Waals surface area contributed by atoms with Crippen molar-refractivity contribution in [1.29, 1.82) is 0 Å². The highest BCUT2D eigenvalue weighted by atomic mass is 16.4. The topological polar surface area (TPSA) is 40.5 Å². The van der Waals surface area contributed by atoms with E-state index in [1.54, 1.807) is 0 Å². The van der Waals surface area contributed by atoms with Gasteiger partial charge in [-0.25, -0.2) is 0 Å². The average Bonchev–Trinajstić information content (AvgIpc) is 2.86. The minimum Gasteiger partial charge on any atom is -0.480 e. The van der Waals surface area contributed by atoms with Crippen LogP contribution < -0.4 is 0 Å². The number of rotatable bonds is 3. The van der Waals surface area contributed by atoms with E-state index in [0.717, 1.165) is 38.6 Å². The molecule has 15 heavy (non-hydrogen) atoms. The summed E-state index contributed by atoms with van der Waals surface area (Å²) in [5, 5.41) is 9.50. The van der Waals surface area contributed by atoms with Crippen LogP contribution >= 0.6 is 0 Å². The Kier molecular flexibility index (Phi) is 3.01. The molecule has 1 heterocycles. The van der Waals surface area contributed by atoms with Crippen LogP contribution in [0.25, 0.3) is 0 Å². The van der Waals surface area contributed by atoms with Gasteiger partial charge in [-0.3, -0.25) is 9.69 Å². The van der Waals surface area contributed by atoms with E-state index >= 15 is 0 Å². The summed E-state index contributed by atoms with van der Waals surface area (Å²) in [6, 6.07) is 0.513. The third kappa shape index (κ3) is 1.67. The van der Waals surface area contributed by atoms with E-state index in [9.17, 15) is 9.90 Å². The van der Waals surface area contributed by atoms with Gasteiger partial charge >= 0.3 is 5.97 Å². The van der Waals surface area contributed by atoms with Gasteiger partial charge in [-0.15, -0.1) is 0 Å². The molecule has 0 bridgehead atoms. The quantitative estimate of drug-likeness (QED) is 0.778. The maximum Gasteiger partial charge on any atom is 0.324 e. The Morgan fingerprint density at radius 3 is 2.60 bits per heavy atom. The average molecular weight is 211 g/mol. The van der Waals surface area contributed by atoms with Crippen LogP contribution in [0.15, 0.2) is 0 Å². The van der Waals surface area contributed by atoms with Crippen LogP contribution in [0.5, 0.6) is 0 Å². The molecule has 0 radical (unpaired) electrons. The summed E-state index contributed by atoms with van der Waals surface area (Å²) in [6.07, 6.45) is 7.34. The first-order valence-electron chi connectivity index (χ1n) is 6.21. The van der Waals surface area contributed by atoms with Crippen LogP contribution in [0, 0.1) is 0 Å². The first-order valence-corrected chi connectivity index (χ1v) is 6.21. The Morgan fingerprint density at radius 2 is 2.07 bits per heavy atom. The molecule has 1 aliphatic carbocycles. The first-order chi connectivity index (χ1) is 7.20. The molecule has 3 heteroatoms. The molecule has 1 unspecified atom stereocenters. The maximum absolute atomic E-state index is 11.5. The number of carboxylic acids is 1. The van der Waals surface area contributed by atoms with Crippen LogP contribution in [0.3, 0.4) is 0 Å². The van der Waals surface area contributed by atoms with E-state index in [4.69, 9.17) is 0 Å². The number of nitrogens with zero attached hydrogens (tertiary/aromatic N) is 1. The molecule has 2 fully saturated rings. The van der Waals surface area contributed by atoms with Gasteiger partial charge in [0.1, 0.15) is 5.54 Å². The summed E-state index contributed by atoms with van der Waals surface area (Å²) in [5.41, 5.74) is -0.503. The lowest BCUT2D eigenvalue weighted by Gasteiger charge is -2.38. The molecule has 1 N–H and O–H groups in total. The molecule has 1 saturated heterocycles. The fourth-order valence-electron chi connectivity index (χ4n) is 3.41. The minimum absolute atomic E-state index is 0.503. The molecular weight excluding hydrogens is 190 g/mol.